The summed E-state index contributed by atoms with van der Waals surface area (Å²) in [5.41, 5.74) is 8.78. The van der Waals surface area contributed by atoms with E-state index in [4.69, 9.17) is 15.5 Å². The number of fused-ring (bicyclic) bond motifs is 1. The maximum absolute atomic E-state index is 13.0. The molecule has 0 aliphatic carbocycles. The number of nitrogen functional groups attached to an aromatic ring is 1. The molecule has 11 heteroatoms. The molecule has 0 bridgehead atoms. The van der Waals surface area contributed by atoms with Crippen LogP contribution in [-0.4, -0.2) is 58.4 Å². The van der Waals surface area contributed by atoms with E-state index in [0.29, 0.717) is 24.7 Å². The highest BCUT2D eigenvalue weighted by atomic mass is 19.4. The van der Waals surface area contributed by atoms with Crippen molar-refractivity contribution < 1.29 is 27.4 Å². The minimum absolute atomic E-state index is 0.0483. The van der Waals surface area contributed by atoms with Gasteiger partial charge in [-0.05, 0) is 55.4 Å². The maximum atomic E-state index is 13.0. The second kappa shape index (κ2) is 9.37. The first-order valence-corrected chi connectivity index (χ1v) is 11.7. The predicted octanol–water partition coefficient (Wildman–Crippen LogP) is 4.35. The fourth-order valence-electron chi connectivity index (χ4n) is 4.95. The highest BCUT2D eigenvalue weighted by Crippen LogP contribution is 2.34. The van der Waals surface area contributed by atoms with Crippen molar-refractivity contribution in [3.05, 3.63) is 47.4 Å². The van der Waals surface area contributed by atoms with Gasteiger partial charge in [-0.15, -0.1) is 13.2 Å². The summed E-state index contributed by atoms with van der Waals surface area (Å²) in [6.45, 7) is 2.48. The number of carbonyl (C=O) groups excluding carboxylic acids is 1. The quantitative estimate of drug-likeness (QED) is 0.528. The summed E-state index contributed by atoms with van der Waals surface area (Å²) in [4.78, 5) is 27.4. The highest BCUT2D eigenvalue weighted by molar-refractivity contribution is 5.99. The van der Waals surface area contributed by atoms with Gasteiger partial charge in [-0.2, -0.15) is 0 Å². The van der Waals surface area contributed by atoms with Crippen LogP contribution in [0.5, 0.6) is 5.75 Å². The molecule has 0 atom stereocenters. The molecule has 5 rings (SSSR count). The molecule has 4 heterocycles. The number of amides is 1. The molecule has 3 N–H and O–H groups in total. The molecule has 186 valence electrons. The van der Waals surface area contributed by atoms with Gasteiger partial charge in [0.2, 0.25) is 0 Å². The molecule has 0 unspecified atom stereocenters. The zero-order valence-electron chi connectivity index (χ0n) is 19.0. The van der Waals surface area contributed by atoms with E-state index in [1.807, 2.05) is 6.07 Å². The zero-order valence-corrected chi connectivity index (χ0v) is 19.0. The topological polar surface area (TPSA) is 106 Å². The first-order chi connectivity index (χ1) is 16.8. The Morgan fingerprint density at radius 3 is 2.54 bits per heavy atom. The summed E-state index contributed by atoms with van der Waals surface area (Å²) in [6, 6.07) is 5.41. The lowest BCUT2D eigenvalue weighted by atomic mass is 9.89. The van der Waals surface area contributed by atoms with Gasteiger partial charge in [0.15, 0.2) is 5.65 Å². The Kier molecular flexibility index (Phi) is 6.26. The van der Waals surface area contributed by atoms with Crippen LogP contribution in [-0.2, 0) is 4.74 Å². The SMILES string of the molecule is Nc1cc(OC(F)(F)F)ccc1C(=O)N1CCC(c2ccnc3nc(C4CCOCC4)[nH]c23)CC1. The number of H-pyrrole nitrogens is 1. The second-order valence-corrected chi connectivity index (χ2v) is 8.97. The molecule has 1 aromatic carbocycles. The Labute approximate surface area is 199 Å². The number of rotatable bonds is 4. The number of nitrogens with zero attached hydrogens (tertiary/aromatic N) is 3. The standard InChI is InChI=1S/C24H26F3N5O3/c25-24(26,27)35-16-1-2-18(19(28)13-16)23(33)32-9-4-14(5-10-32)17-3-8-29-22-20(17)30-21(31-22)15-6-11-34-12-7-15/h1-3,8,13-15H,4-7,9-12,28H2,(H,29,30,31). The van der Waals surface area contributed by atoms with Crippen molar-refractivity contribution in [3.63, 3.8) is 0 Å². The smallest absolute Gasteiger partial charge is 0.406 e. The van der Waals surface area contributed by atoms with E-state index in [0.717, 1.165) is 67.9 Å². The maximum Gasteiger partial charge on any atom is 0.573 e. The molecular formula is C24H26F3N5O3. The van der Waals surface area contributed by atoms with Crippen molar-refractivity contribution in [2.24, 2.45) is 0 Å². The van der Waals surface area contributed by atoms with Gasteiger partial charge in [0.05, 0.1) is 11.1 Å². The fraction of sp³-hybridized carbons (Fsp3) is 0.458. The van der Waals surface area contributed by atoms with E-state index in [1.54, 1.807) is 11.1 Å². The number of likely N-dealkylation sites (tertiary alicyclic amines) is 1. The summed E-state index contributed by atoms with van der Waals surface area (Å²) >= 11 is 0. The van der Waals surface area contributed by atoms with Gasteiger partial charge in [0.1, 0.15) is 11.6 Å². The first-order valence-electron chi connectivity index (χ1n) is 11.7. The number of nitrogens with two attached hydrogens (primary N) is 1. The van der Waals surface area contributed by atoms with Crippen LogP contribution >= 0.6 is 0 Å². The average molecular weight is 489 g/mol. The number of alkyl halides is 3. The number of aromatic amines is 1. The number of imidazole rings is 1. The van der Waals surface area contributed by atoms with Gasteiger partial charge >= 0.3 is 6.36 Å². The van der Waals surface area contributed by atoms with Crippen molar-refractivity contribution in [2.45, 2.75) is 43.9 Å². The molecule has 0 saturated carbocycles. The molecule has 0 radical (unpaired) electrons. The second-order valence-electron chi connectivity index (χ2n) is 8.97. The Bertz CT molecular complexity index is 1210. The average Bonchev–Trinajstić information content (AvgIpc) is 3.28. The number of anilines is 1. The van der Waals surface area contributed by atoms with Crippen LogP contribution in [0.3, 0.4) is 0 Å². The molecule has 2 saturated heterocycles. The van der Waals surface area contributed by atoms with Crippen LogP contribution in [0.1, 0.15) is 59.3 Å². The monoisotopic (exact) mass is 489 g/mol. The summed E-state index contributed by atoms with van der Waals surface area (Å²) in [5.74, 6) is 0.759. The third-order valence-corrected chi connectivity index (χ3v) is 6.76. The van der Waals surface area contributed by atoms with Crippen LogP contribution in [0, 0.1) is 0 Å². The molecular weight excluding hydrogens is 463 g/mol. The van der Waals surface area contributed by atoms with E-state index in [2.05, 4.69) is 14.7 Å². The number of piperidine rings is 1. The molecule has 2 aromatic heterocycles. The first kappa shape index (κ1) is 23.4. The lowest BCUT2D eigenvalue weighted by molar-refractivity contribution is -0.274. The van der Waals surface area contributed by atoms with Crippen LogP contribution in [0.15, 0.2) is 30.5 Å². The number of benzene rings is 1. The minimum atomic E-state index is -4.82. The number of ether oxygens (including phenoxy) is 2. The molecule has 2 fully saturated rings. The van der Waals surface area contributed by atoms with Crippen LogP contribution < -0.4 is 10.5 Å². The van der Waals surface area contributed by atoms with Gasteiger partial charge in [-0.1, -0.05) is 0 Å². The predicted molar refractivity (Wildman–Crippen MR) is 122 cm³/mol. The van der Waals surface area contributed by atoms with Crippen molar-refractivity contribution in [1.82, 2.24) is 19.9 Å². The summed E-state index contributed by atoms with van der Waals surface area (Å²) in [5, 5.41) is 0. The Morgan fingerprint density at radius 2 is 1.86 bits per heavy atom. The van der Waals surface area contributed by atoms with E-state index in [1.165, 1.54) is 6.07 Å². The number of carbonyl (C=O) groups is 1. The van der Waals surface area contributed by atoms with Gasteiger partial charge in [-0.3, -0.25) is 4.79 Å². The van der Waals surface area contributed by atoms with E-state index in [-0.39, 0.29) is 23.1 Å². The number of halogens is 3. The molecule has 0 spiro atoms. The largest absolute Gasteiger partial charge is 0.573 e. The molecule has 8 nitrogen and oxygen atoms in total. The molecule has 2 aliphatic heterocycles. The molecule has 35 heavy (non-hydrogen) atoms. The lowest BCUT2D eigenvalue weighted by Gasteiger charge is -2.32. The van der Waals surface area contributed by atoms with Crippen molar-refractivity contribution in [3.8, 4) is 5.75 Å². The minimum Gasteiger partial charge on any atom is -0.406 e. The molecule has 1 amide bonds. The third kappa shape index (κ3) is 5.04. The summed E-state index contributed by atoms with van der Waals surface area (Å²) in [7, 11) is 0. The van der Waals surface area contributed by atoms with Gasteiger partial charge in [0, 0.05) is 50.2 Å². The normalized spacial score (nSPS) is 18.2. The Hall–Kier alpha value is -3.34. The Morgan fingerprint density at radius 1 is 1.11 bits per heavy atom. The summed E-state index contributed by atoms with van der Waals surface area (Å²) < 4.78 is 46.7. The lowest BCUT2D eigenvalue weighted by Crippen LogP contribution is -2.38. The third-order valence-electron chi connectivity index (χ3n) is 6.76. The van der Waals surface area contributed by atoms with E-state index >= 15 is 0 Å². The van der Waals surface area contributed by atoms with Crippen molar-refractivity contribution >= 4 is 22.8 Å². The van der Waals surface area contributed by atoms with Crippen LogP contribution in [0.4, 0.5) is 18.9 Å². The zero-order chi connectivity index (χ0) is 24.6. The van der Waals surface area contributed by atoms with Crippen LogP contribution in [0.25, 0.3) is 11.2 Å². The number of nitrogens with one attached hydrogen (secondary N) is 1. The van der Waals surface area contributed by atoms with E-state index in [9.17, 15) is 18.0 Å². The van der Waals surface area contributed by atoms with E-state index < -0.39 is 12.1 Å². The Balaban J connectivity index is 1.27. The number of hydrogen-bond acceptors (Lipinski definition) is 6. The number of aromatic nitrogens is 3. The van der Waals surface area contributed by atoms with Crippen molar-refractivity contribution in [1.29, 1.82) is 0 Å². The van der Waals surface area contributed by atoms with Crippen LogP contribution in [0.2, 0.25) is 0 Å². The molecule has 3 aromatic rings. The number of pyridine rings is 1. The van der Waals surface area contributed by atoms with Gasteiger partial charge in [-0.25, -0.2) is 9.97 Å². The fourth-order valence-corrected chi connectivity index (χ4v) is 4.95. The number of hydrogen-bond donors (Lipinski definition) is 2. The summed E-state index contributed by atoms with van der Waals surface area (Å²) in [6.07, 6.45) is 0.301. The van der Waals surface area contributed by atoms with Gasteiger partial charge < -0.3 is 25.1 Å². The molecule has 2 aliphatic rings. The van der Waals surface area contributed by atoms with Gasteiger partial charge in [0.25, 0.3) is 5.91 Å². The highest BCUT2D eigenvalue weighted by Gasteiger charge is 2.32. The van der Waals surface area contributed by atoms with Crippen molar-refractivity contribution in [2.75, 3.05) is 32.0 Å².